The summed E-state index contributed by atoms with van der Waals surface area (Å²) in [7, 11) is -4.67. The first-order valence-corrected chi connectivity index (χ1v) is 11.0. The first-order chi connectivity index (χ1) is 9.72. The van der Waals surface area contributed by atoms with Gasteiger partial charge in [0.15, 0.2) is 0 Å². The fourth-order valence-electron chi connectivity index (χ4n) is 2.29. The summed E-state index contributed by atoms with van der Waals surface area (Å²) in [6.07, 6.45) is 14.6. The molecule has 124 valence electrons. The van der Waals surface area contributed by atoms with E-state index in [1.807, 2.05) is 0 Å². The fraction of sp³-hybridized carbons (Fsp3) is 1.00. The van der Waals surface area contributed by atoms with Gasteiger partial charge in [-0.1, -0.05) is 0 Å². The molecule has 0 aliphatic rings. The SMILES string of the molecule is CCCCCCCCCCC(C)[CH]([Na])CC.O=S(=O)(O)O. The predicted octanol–water partition coefficient (Wildman–Crippen LogP) is 4.87. The molecule has 0 aromatic rings. The summed E-state index contributed by atoms with van der Waals surface area (Å²) >= 11 is 1.39. The summed E-state index contributed by atoms with van der Waals surface area (Å²) in [6.45, 7) is 7.10. The Morgan fingerprint density at radius 2 is 1.29 bits per heavy atom. The van der Waals surface area contributed by atoms with Crippen LogP contribution in [0.25, 0.3) is 0 Å². The molecule has 0 saturated carbocycles. The van der Waals surface area contributed by atoms with Gasteiger partial charge >= 0.3 is 132 Å². The van der Waals surface area contributed by atoms with Crippen LogP contribution in [0.5, 0.6) is 0 Å². The van der Waals surface area contributed by atoms with Crippen LogP contribution in [0.15, 0.2) is 0 Å². The van der Waals surface area contributed by atoms with Crippen LogP contribution in [0.3, 0.4) is 0 Å². The third-order valence-electron chi connectivity index (χ3n) is 4.13. The maximum atomic E-state index is 8.74. The summed E-state index contributed by atoms with van der Waals surface area (Å²) in [6, 6.07) is 0. The summed E-state index contributed by atoms with van der Waals surface area (Å²) < 4.78 is 32.6. The van der Waals surface area contributed by atoms with Crippen molar-refractivity contribution in [2.75, 3.05) is 0 Å². The summed E-state index contributed by atoms with van der Waals surface area (Å²) in [4.78, 5) is 0. The molecule has 2 N–H and O–H groups in total. The minimum Gasteiger partial charge on any atom is -0.264 e. The van der Waals surface area contributed by atoms with E-state index in [-0.39, 0.29) is 0 Å². The van der Waals surface area contributed by atoms with Gasteiger partial charge in [0.1, 0.15) is 0 Å². The minimum atomic E-state index is -4.67. The van der Waals surface area contributed by atoms with Crippen LogP contribution in [0.1, 0.15) is 85.0 Å². The molecule has 2 unspecified atom stereocenters. The molecule has 0 radical (unpaired) electrons. The average Bonchev–Trinajstić information content (AvgIpc) is 2.38. The maximum absolute atomic E-state index is 8.74. The molecule has 2 atom stereocenters. The molecule has 0 spiro atoms. The van der Waals surface area contributed by atoms with Gasteiger partial charge in [0.25, 0.3) is 0 Å². The normalized spacial score (nSPS) is 14.2. The third kappa shape index (κ3) is 26.1. The molecule has 0 aromatic heterocycles. The van der Waals surface area contributed by atoms with E-state index in [0.29, 0.717) is 0 Å². The molecular weight excluding hydrogens is 299 g/mol. The van der Waals surface area contributed by atoms with Gasteiger partial charge in [0.2, 0.25) is 0 Å². The molecule has 0 rings (SSSR count). The molecule has 0 aromatic carbocycles. The zero-order valence-electron chi connectivity index (χ0n) is 14.3. The van der Waals surface area contributed by atoms with Crippen molar-refractivity contribution in [3.8, 4) is 0 Å². The second-order valence-corrected chi connectivity index (χ2v) is 8.45. The molecule has 6 heteroatoms. The standard InChI is InChI=1S/C15H31.Na.H2O4S/c1-4-6-7-8-9-10-11-12-14-15(3)13-5-2;;1-5(2,3)4/h13,15H,4-12,14H2,1-3H3;;(H2,1,2,3,4). The second-order valence-electron chi connectivity index (χ2n) is 6.07. The largest absolute Gasteiger partial charge is 0.394 e. The van der Waals surface area contributed by atoms with Crippen molar-refractivity contribution in [3.05, 3.63) is 0 Å². The van der Waals surface area contributed by atoms with Gasteiger partial charge in [-0.25, -0.2) is 0 Å². The molecule has 0 fully saturated rings. The Hall–Kier alpha value is 0.870. The zero-order chi connectivity index (χ0) is 16.7. The van der Waals surface area contributed by atoms with Crippen LogP contribution in [-0.2, 0) is 10.4 Å². The van der Waals surface area contributed by atoms with E-state index < -0.39 is 10.4 Å². The van der Waals surface area contributed by atoms with Crippen LogP contribution in [0, 0.1) is 5.92 Å². The Kier molecular flexibility index (Phi) is 18.1. The first-order valence-electron chi connectivity index (χ1n) is 8.42. The third-order valence-corrected chi connectivity index (χ3v) is 6.08. The number of hydrogen-bond donors (Lipinski definition) is 2. The molecule has 0 aliphatic heterocycles. The topological polar surface area (TPSA) is 74.6 Å². The smallest absolute Gasteiger partial charge is 0.264 e. The average molecular weight is 332 g/mol. The summed E-state index contributed by atoms with van der Waals surface area (Å²) in [5.41, 5.74) is 0. The van der Waals surface area contributed by atoms with Crippen LogP contribution in [0.2, 0.25) is 3.17 Å². The number of unbranched alkanes of at least 4 members (excludes halogenated alkanes) is 7. The summed E-state index contributed by atoms with van der Waals surface area (Å²) in [5, 5.41) is 0. The summed E-state index contributed by atoms with van der Waals surface area (Å²) in [5.74, 6) is 0.997. The molecule has 0 saturated heterocycles. The van der Waals surface area contributed by atoms with Crippen LogP contribution < -0.4 is 0 Å². The van der Waals surface area contributed by atoms with Gasteiger partial charge in [0, 0.05) is 0 Å². The predicted molar refractivity (Wildman–Crippen MR) is 90.4 cm³/mol. The molecular formula is C15H33NaO4S. The minimum absolute atomic E-state index is 0.997. The molecule has 0 bridgehead atoms. The van der Waals surface area contributed by atoms with Gasteiger partial charge < -0.3 is 0 Å². The van der Waals surface area contributed by atoms with E-state index in [4.69, 9.17) is 17.5 Å². The van der Waals surface area contributed by atoms with Crippen molar-refractivity contribution < 1.29 is 17.5 Å². The van der Waals surface area contributed by atoms with E-state index in [1.54, 1.807) is 0 Å². The van der Waals surface area contributed by atoms with E-state index >= 15 is 0 Å². The Morgan fingerprint density at radius 3 is 1.67 bits per heavy atom. The van der Waals surface area contributed by atoms with E-state index in [2.05, 4.69) is 20.8 Å². The van der Waals surface area contributed by atoms with Gasteiger partial charge in [-0.05, 0) is 0 Å². The van der Waals surface area contributed by atoms with Gasteiger partial charge in [-0.3, -0.25) is 9.11 Å². The first kappa shape index (κ1) is 24.1. The van der Waals surface area contributed by atoms with Crippen molar-refractivity contribution in [1.82, 2.24) is 0 Å². The quantitative estimate of drug-likeness (QED) is 0.322. The molecule has 0 amide bonds. The Balaban J connectivity index is 0. The van der Waals surface area contributed by atoms with Crippen molar-refractivity contribution >= 4 is 38.3 Å². The fourth-order valence-corrected chi connectivity index (χ4v) is 2.62. The van der Waals surface area contributed by atoms with Crippen LogP contribution in [-0.4, -0.2) is 45.5 Å². The van der Waals surface area contributed by atoms with E-state index in [1.165, 1.54) is 92.1 Å². The van der Waals surface area contributed by atoms with Gasteiger partial charge in [-0.2, -0.15) is 8.42 Å². The van der Waals surface area contributed by atoms with Crippen molar-refractivity contribution in [2.45, 2.75) is 88.1 Å². The Bertz CT molecular complexity index is 299. The van der Waals surface area contributed by atoms with Gasteiger partial charge in [-0.15, -0.1) is 0 Å². The Labute approximate surface area is 149 Å². The Morgan fingerprint density at radius 1 is 0.905 bits per heavy atom. The molecule has 21 heavy (non-hydrogen) atoms. The monoisotopic (exact) mass is 332 g/mol. The molecule has 4 nitrogen and oxygen atoms in total. The number of hydrogen-bond acceptors (Lipinski definition) is 2. The molecule has 0 aliphatic carbocycles. The van der Waals surface area contributed by atoms with E-state index in [9.17, 15) is 0 Å². The second kappa shape index (κ2) is 15.8. The van der Waals surface area contributed by atoms with Crippen molar-refractivity contribution in [2.24, 2.45) is 5.92 Å². The van der Waals surface area contributed by atoms with E-state index in [0.717, 1.165) is 9.09 Å². The zero-order valence-corrected chi connectivity index (χ0v) is 17.2. The molecule has 0 heterocycles. The van der Waals surface area contributed by atoms with Crippen molar-refractivity contribution in [3.63, 3.8) is 0 Å². The van der Waals surface area contributed by atoms with Crippen LogP contribution in [0.4, 0.5) is 0 Å². The maximum Gasteiger partial charge on any atom is 0.394 e. The number of rotatable bonds is 11. The van der Waals surface area contributed by atoms with Crippen LogP contribution >= 0.6 is 0 Å². The van der Waals surface area contributed by atoms with Gasteiger partial charge in [0.05, 0.1) is 0 Å². The van der Waals surface area contributed by atoms with Crippen molar-refractivity contribution in [1.29, 1.82) is 0 Å².